The Morgan fingerprint density at radius 2 is 2.15 bits per heavy atom. The number of nitrogens with zero attached hydrogens (tertiary/aromatic N) is 2. The van der Waals surface area contributed by atoms with Crippen LogP contribution in [0.2, 0.25) is 0 Å². The van der Waals surface area contributed by atoms with Gasteiger partial charge in [-0.2, -0.15) is 0 Å². The zero-order valence-corrected chi connectivity index (χ0v) is 11.8. The number of carbonyl (C=O) groups is 2. The lowest BCUT2D eigenvalue weighted by Crippen LogP contribution is -2.25. The maximum atomic E-state index is 11.8. The van der Waals surface area contributed by atoms with Crippen LogP contribution in [0.4, 0.5) is 11.4 Å². The number of benzene rings is 1. The Balaban J connectivity index is 1.84. The largest absolute Gasteiger partial charge is 0.384 e. The zero-order valence-electron chi connectivity index (χ0n) is 11.8. The summed E-state index contributed by atoms with van der Waals surface area (Å²) in [6, 6.07) is 5.63. The number of Topliss-reactive ketones (excluding diaryl/α,β-unsaturated/α-hetero) is 1. The van der Waals surface area contributed by atoms with E-state index in [1.54, 1.807) is 20.2 Å². The van der Waals surface area contributed by atoms with Gasteiger partial charge in [-0.15, -0.1) is 0 Å². The molecule has 0 aromatic heterocycles. The van der Waals surface area contributed by atoms with Crippen molar-refractivity contribution in [3.63, 3.8) is 0 Å². The van der Waals surface area contributed by atoms with Gasteiger partial charge in [-0.1, -0.05) is 0 Å². The van der Waals surface area contributed by atoms with Gasteiger partial charge in [0, 0.05) is 38.9 Å². The molecule has 0 N–H and O–H groups in total. The van der Waals surface area contributed by atoms with Crippen LogP contribution in [0.15, 0.2) is 18.2 Å². The molecule has 3 rings (SSSR count). The molecule has 0 saturated carbocycles. The van der Waals surface area contributed by atoms with Gasteiger partial charge >= 0.3 is 0 Å². The lowest BCUT2D eigenvalue weighted by Gasteiger charge is -2.20. The fraction of sp³-hybridized carbons (Fsp3) is 0.467. The van der Waals surface area contributed by atoms with Crippen LogP contribution in [0.5, 0.6) is 0 Å². The molecular weight excluding hydrogens is 256 g/mol. The summed E-state index contributed by atoms with van der Waals surface area (Å²) in [5.41, 5.74) is 2.29. The van der Waals surface area contributed by atoms with E-state index < -0.39 is 11.7 Å². The zero-order chi connectivity index (χ0) is 14.3. The topological polar surface area (TPSA) is 49.9 Å². The molecule has 2 aliphatic heterocycles. The van der Waals surface area contributed by atoms with E-state index >= 15 is 0 Å². The van der Waals surface area contributed by atoms with E-state index in [9.17, 15) is 9.59 Å². The molecule has 0 spiro atoms. The lowest BCUT2D eigenvalue weighted by atomic mass is 10.1. The average Bonchev–Trinajstić information content (AvgIpc) is 3.00. The third-order valence-electron chi connectivity index (χ3n) is 4.14. The van der Waals surface area contributed by atoms with Crippen molar-refractivity contribution >= 4 is 23.1 Å². The van der Waals surface area contributed by atoms with Gasteiger partial charge in [0.2, 0.25) is 0 Å². The van der Waals surface area contributed by atoms with E-state index in [4.69, 9.17) is 4.74 Å². The van der Waals surface area contributed by atoms with Crippen LogP contribution in [-0.4, -0.2) is 45.5 Å². The smallest absolute Gasteiger partial charge is 0.299 e. The number of amides is 1. The summed E-state index contributed by atoms with van der Waals surface area (Å²) >= 11 is 0. The van der Waals surface area contributed by atoms with Crippen molar-refractivity contribution in [1.29, 1.82) is 0 Å². The van der Waals surface area contributed by atoms with Gasteiger partial charge in [0.25, 0.3) is 11.7 Å². The molecule has 1 atom stereocenters. The van der Waals surface area contributed by atoms with Gasteiger partial charge < -0.3 is 14.5 Å². The molecule has 0 bridgehead atoms. The molecule has 2 heterocycles. The van der Waals surface area contributed by atoms with Crippen molar-refractivity contribution in [3.05, 3.63) is 23.8 Å². The highest BCUT2D eigenvalue weighted by Gasteiger charge is 2.34. The molecular formula is C15H18N2O3. The number of methoxy groups -OCH3 is 1. The number of rotatable bonds is 3. The number of ketones is 1. The summed E-state index contributed by atoms with van der Waals surface area (Å²) in [5, 5.41) is 0. The van der Waals surface area contributed by atoms with Crippen LogP contribution in [0.3, 0.4) is 0 Å². The first kappa shape index (κ1) is 13.1. The van der Waals surface area contributed by atoms with E-state index in [0.717, 1.165) is 31.8 Å². The Labute approximate surface area is 118 Å². The standard InChI is InChI=1S/C15H18N2O3/c1-16-13-7-11(3-4-12(13)14(18)15(16)19)17-6-5-10(8-17)9-20-2/h3-4,7,10H,5-6,8-9H2,1-2H3. The third kappa shape index (κ3) is 1.98. The fourth-order valence-electron chi connectivity index (χ4n) is 3.00. The van der Waals surface area contributed by atoms with Crippen molar-refractivity contribution in [1.82, 2.24) is 0 Å². The molecule has 106 valence electrons. The van der Waals surface area contributed by atoms with Gasteiger partial charge in [-0.05, 0) is 24.6 Å². The fourth-order valence-corrected chi connectivity index (χ4v) is 3.00. The summed E-state index contributed by atoms with van der Waals surface area (Å²) in [5.74, 6) is -0.308. The Hall–Kier alpha value is -1.88. The number of hydrogen-bond acceptors (Lipinski definition) is 4. The second kappa shape index (κ2) is 4.90. The number of ether oxygens (including phenoxy) is 1. The Bertz CT molecular complexity index is 570. The summed E-state index contributed by atoms with van der Waals surface area (Å²) < 4.78 is 5.20. The SMILES string of the molecule is COCC1CCN(c2ccc3c(c2)N(C)C(=O)C3=O)C1. The van der Waals surface area contributed by atoms with Crippen LogP contribution in [0.1, 0.15) is 16.8 Å². The minimum absolute atomic E-state index is 0.410. The first-order chi connectivity index (χ1) is 9.61. The molecule has 2 aliphatic rings. The minimum atomic E-state index is -0.448. The van der Waals surface area contributed by atoms with Crippen LogP contribution in [0.25, 0.3) is 0 Å². The highest BCUT2D eigenvalue weighted by Crippen LogP contribution is 2.33. The molecule has 1 aromatic rings. The van der Waals surface area contributed by atoms with Gasteiger partial charge in [-0.25, -0.2) is 0 Å². The first-order valence-corrected chi connectivity index (χ1v) is 6.82. The molecule has 20 heavy (non-hydrogen) atoms. The normalized spacial score (nSPS) is 21.8. The number of likely N-dealkylation sites (N-methyl/N-ethyl adjacent to an activating group) is 1. The van der Waals surface area contributed by atoms with Crippen molar-refractivity contribution in [3.8, 4) is 0 Å². The molecule has 5 nitrogen and oxygen atoms in total. The molecule has 1 saturated heterocycles. The molecule has 1 unspecified atom stereocenters. The number of hydrogen-bond donors (Lipinski definition) is 0. The van der Waals surface area contributed by atoms with Gasteiger partial charge in [0.1, 0.15) is 0 Å². The van der Waals surface area contributed by atoms with Crippen molar-refractivity contribution < 1.29 is 14.3 Å². The van der Waals surface area contributed by atoms with E-state index in [1.807, 2.05) is 12.1 Å². The monoisotopic (exact) mass is 274 g/mol. The number of carbonyl (C=O) groups excluding carboxylic acids is 2. The highest BCUT2D eigenvalue weighted by atomic mass is 16.5. The second-order valence-corrected chi connectivity index (χ2v) is 5.45. The molecule has 1 amide bonds. The number of anilines is 2. The molecule has 1 aromatic carbocycles. The van der Waals surface area contributed by atoms with Crippen LogP contribution < -0.4 is 9.80 Å². The van der Waals surface area contributed by atoms with E-state index in [1.165, 1.54) is 4.90 Å². The summed E-state index contributed by atoms with van der Waals surface area (Å²) in [6.07, 6.45) is 1.11. The van der Waals surface area contributed by atoms with Crippen molar-refractivity contribution in [2.45, 2.75) is 6.42 Å². The van der Waals surface area contributed by atoms with Crippen molar-refractivity contribution in [2.75, 3.05) is 43.7 Å². The Kier molecular flexibility index (Phi) is 3.22. The maximum absolute atomic E-state index is 11.8. The summed E-state index contributed by atoms with van der Waals surface area (Å²) in [7, 11) is 3.37. The van der Waals surface area contributed by atoms with Crippen LogP contribution in [-0.2, 0) is 9.53 Å². The van der Waals surface area contributed by atoms with Crippen molar-refractivity contribution in [2.24, 2.45) is 5.92 Å². The minimum Gasteiger partial charge on any atom is -0.384 e. The maximum Gasteiger partial charge on any atom is 0.299 e. The van der Waals surface area contributed by atoms with E-state index in [-0.39, 0.29) is 0 Å². The first-order valence-electron chi connectivity index (χ1n) is 6.82. The summed E-state index contributed by atoms with van der Waals surface area (Å²) in [6.45, 7) is 2.72. The molecule has 1 fully saturated rings. The Morgan fingerprint density at radius 1 is 1.35 bits per heavy atom. The lowest BCUT2D eigenvalue weighted by molar-refractivity contribution is -0.114. The van der Waals surface area contributed by atoms with Crippen LogP contribution >= 0.6 is 0 Å². The third-order valence-corrected chi connectivity index (χ3v) is 4.14. The average molecular weight is 274 g/mol. The highest BCUT2D eigenvalue weighted by molar-refractivity contribution is 6.52. The molecule has 0 radical (unpaired) electrons. The molecule has 5 heteroatoms. The molecule has 0 aliphatic carbocycles. The predicted octanol–water partition coefficient (Wildman–Crippen LogP) is 1.32. The van der Waals surface area contributed by atoms with Crippen LogP contribution in [0, 0.1) is 5.92 Å². The Morgan fingerprint density at radius 3 is 2.90 bits per heavy atom. The van der Waals surface area contributed by atoms with E-state index in [0.29, 0.717) is 17.2 Å². The van der Waals surface area contributed by atoms with Gasteiger partial charge in [0.05, 0.1) is 17.9 Å². The number of fused-ring (bicyclic) bond motifs is 1. The summed E-state index contributed by atoms with van der Waals surface area (Å²) in [4.78, 5) is 27.2. The van der Waals surface area contributed by atoms with Gasteiger partial charge in [-0.3, -0.25) is 9.59 Å². The quantitative estimate of drug-likeness (QED) is 0.780. The van der Waals surface area contributed by atoms with Gasteiger partial charge in [0.15, 0.2) is 0 Å². The second-order valence-electron chi connectivity index (χ2n) is 5.45. The van der Waals surface area contributed by atoms with E-state index in [2.05, 4.69) is 4.90 Å². The predicted molar refractivity (Wildman–Crippen MR) is 76.4 cm³/mol.